The first kappa shape index (κ1) is 14.1. The van der Waals surface area contributed by atoms with E-state index in [-0.39, 0.29) is 17.7 Å². The fraction of sp³-hybridized carbons (Fsp3) is 0.500. The third kappa shape index (κ3) is 3.80. The molecule has 1 aliphatic carbocycles. The van der Waals surface area contributed by atoms with Gasteiger partial charge in [0, 0.05) is 6.04 Å². The maximum Gasteiger partial charge on any atom is 0.238 e. The molecular formula is C14H19NO3S. The molecule has 0 radical (unpaired) electrons. The van der Waals surface area contributed by atoms with Gasteiger partial charge in [0.2, 0.25) is 5.91 Å². The topological polar surface area (TPSA) is 63.2 Å². The van der Waals surface area contributed by atoms with E-state index in [4.69, 9.17) is 0 Å². The standard InChI is InChI=1S/C14H19NO3S/c1-10-4-3-5-12(8-10)9-19(17,18)11(2)14(16)15-13-6-7-13/h3-5,8,11,13H,6-7,9H2,1-2H3,(H,15,16)/t11-/m1/s1. The first-order valence-electron chi connectivity index (χ1n) is 6.46. The van der Waals surface area contributed by atoms with E-state index in [1.165, 1.54) is 6.92 Å². The Morgan fingerprint density at radius 3 is 2.68 bits per heavy atom. The van der Waals surface area contributed by atoms with Gasteiger partial charge in [-0.15, -0.1) is 0 Å². The second-order valence-electron chi connectivity index (χ2n) is 5.22. The van der Waals surface area contributed by atoms with Crippen molar-refractivity contribution in [2.75, 3.05) is 0 Å². The minimum atomic E-state index is -3.46. The lowest BCUT2D eigenvalue weighted by atomic mass is 10.2. The molecule has 104 valence electrons. The number of aryl methyl sites for hydroxylation is 1. The molecule has 5 heteroatoms. The Balaban J connectivity index is 2.06. The van der Waals surface area contributed by atoms with E-state index in [0.29, 0.717) is 0 Å². The van der Waals surface area contributed by atoms with Crippen LogP contribution in [0.5, 0.6) is 0 Å². The van der Waals surface area contributed by atoms with Gasteiger partial charge in [-0.2, -0.15) is 0 Å². The van der Waals surface area contributed by atoms with Crippen molar-refractivity contribution in [3.8, 4) is 0 Å². The van der Waals surface area contributed by atoms with E-state index in [9.17, 15) is 13.2 Å². The highest BCUT2D eigenvalue weighted by atomic mass is 32.2. The number of benzene rings is 1. The highest BCUT2D eigenvalue weighted by molar-refractivity contribution is 7.92. The maximum absolute atomic E-state index is 12.2. The Hall–Kier alpha value is -1.36. The molecule has 1 aromatic rings. The van der Waals surface area contributed by atoms with Gasteiger partial charge in [-0.05, 0) is 32.3 Å². The number of sulfone groups is 1. The SMILES string of the molecule is Cc1cccc(CS(=O)(=O)[C@H](C)C(=O)NC2CC2)c1. The number of hydrogen-bond acceptors (Lipinski definition) is 3. The monoisotopic (exact) mass is 281 g/mol. The van der Waals surface area contributed by atoms with Gasteiger partial charge in [0.05, 0.1) is 5.75 Å². The fourth-order valence-corrected chi connectivity index (χ4v) is 3.16. The Morgan fingerprint density at radius 2 is 2.11 bits per heavy atom. The van der Waals surface area contributed by atoms with Crippen LogP contribution in [0.4, 0.5) is 0 Å². The fourth-order valence-electron chi connectivity index (χ4n) is 1.87. The van der Waals surface area contributed by atoms with Crippen molar-refractivity contribution in [3.05, 3.63) is 35.4 Å². The highest BCUT2D eigenvalue weighted by Crippen LogP contribution is 2.20. The van der Waals surface area contributed by atoms with Crippen molar-refractivity contribution in [2.45, 2.75) is 43.7 Å². The molecule has 1 amide bonds. The number of carbonyl (C=O) groups is 1. The Bertz CT molecular complexity index is 576. The van der Waals surface area contributed by atoms with Crippen LogP contribution in [-0.4, -0.2) is 25.6 Å². The largest absolute Gasteiger partial charge is 0.352 e. The molecule has 1 aromatic carbocycles. The predicted molar refractivity (Wildman–Crippen MR) is 74.4 cm³/mol. The summed E-state index contributed by atoms with van der Waals surface area (Å²) < 4.78 is 24.4. The third-order valence-corrected chi connectivity index (χ3v) is 5.31. The zero-order chi connectivity index (χ0) is 14.0. The summed E-state index contributed by atoms with van der Waals surface area (Å²) >= 11 is 0. The first-order chi connectivity index (χ1) is 8.88. The maximum atomic E-state index is 12.2. The van der Waals surface area contributed by atoms with E-state index >= 15 is 0 Å². The molecule has 0 unspecified atom stereocenters. The lowest BCUT2D eigenvalue weighted by Gasteiger charge is -2.13. The third-order valence-electron chi connectivity index (χ3n) is 3.28. The average Bonchev–Trinajstić information content (AvgIpc) is 3.11. The number of amides is 1. The summed E-state index contributed by atoms with van der Waals surface area (Å²) in [6, 6.07) is 7.54. The van der Waals surface area contributed by atoms with Gasteiger partial charge >= 0.3 is 0 Å². The van der Waals surface area contributed by atoms with Crippen molar-refractivity contribution < 1.29 is 13.2 Å². The van der Waals surface area contributed by atoms with Crippen LogP contribution in [-0.2, 0) is 20.4 Å². The van der Waals surface area contributed by atoms with Crippen LogP contribution < -0.4 is 5.32 Å². The van der Waals surface area contributed by atoms with Gasteiger partial charge in [-0.3, -0.25) is 4.79 Å². The Kier molecular flexibility index (Phi) is 3.94. The molecule has 19 heavy (non-hydrogen) atoms. The lowest BCUT2D eigenvalue weighted by molar-refractivity contribution is -0.120. The smallest absolute Gasteiger partial charge is 0.238 e. The zero-order valence-corrected chi connectivity index (χ0v) is 12.0. The van der Waals surface area contributed by atoms with E-state index in [2.05, 4.69) is 5.32 Å². The molecule has 0 heterocycles. The quantitative estimate of drug-likeness (QED) is 0.891. The summed E-state index contributed by atoms with van der Waals surface area (Å²) in [6.07, 6.45) is 1.91. The Labute approximate surface area is 114 Å². The molecule has 0 bridgehead atoms. The summed E-state index contributed by atoms with van der Waals surface area (Å²) in [5.74, 6) is -0.469. The van der Waals surface area contributed by atoms with Crippen molar-refractivity contribution in [2.24, 2.45) is 0 Å². The second-order valence-corrected chi connectivity index (χ2v) is 7.54. The van der Waals surface area contributed by atoms with Crippen LogP contribution in [0.15, 0.2) is 24.3 Å². The van der Waals surface area contributed by atoms with Gasteiger partial charge in [0.25, 0.3) is 0 Å². The normalized spacial score (nSPS) is 16.9. The number of hydrogen-bond donors (Lipinski definition) is 1. The first-order valence-corrected chi connectivity index (χ1v) is 8.17. The molecule has 2 rings (SSSR count). The highest BCUT2D eigenvalue weighted by Gasteiger charge is 2.32. The van der Waals surface area contributed by atoms with Crippen LogP contribution in [0.1, 0.15) is 30.9 Å². The van der Waals surface area contributed by atoms with Crippen LogP contribution >= 0.6 is 0 Å². The molecule has 0 aliphatic heterocycles. The van der Waals surface area contributed by atoms with Crippen molar-refractivity contribution in [3.63, 3.8) is 0 Å². The van der Waals surface area contributed by atoms with Gasteiger partial charge in [0.1, 0.15) is 5.25 Å². The summed E-state index contributed by atoms with van der Waals surface area (Å²) in [4.78, 5) is 11.8. The van der Waals surface area contributed by atoms with E-state index in [0.717, 1.165) is 24.0 Å². The zero-order valence-electron chi connectivity index (χ0n) is 11.2. The van der Waals surface area contributed by atoms with E-state index < -0.39 is 15.1 Å². The molecule has 0 saturated heterocycles. The second kappa shape index (κ2) is 5.33. The molecule has 1 fully saturated rings. The molecule has 1 N–H and O–H groups in total. The average molecular weight is 281 g/mol. The molecular weight excluding hydrogens is 262 g/mol. The van der Waals surface area contributed by atoms with Crippen molar-refractivity contribution >= 4 is 15.7 Å². The number of rotatable bonds is 5. The Morgan fingerprint density at radius 1 is 1.42 bits per heavy atom. The summed E-state index contributed by atoms with van der Waals surface area (Å²) in [7, 11) is -3.46. The molecule has 1 saturated carbocycles. The number of nitrogens with one attached hydrogen (secondary N) is 1. The minimum Gasteiger partial charge on any atom is -0.352 e. The summed E-state index contributed by atoms with van der Waals surface area (Å²) in [5, 5.41) is 1.75. The van der Waals surface area contributed by atoms with Crippen molar-refractivity contribution in [1.29, 1.82) is 0 Å². The number of carbonyl (C=O) groups excluding carboxylic acids is 1. The van der Waals surface area contributed by atoms with Crippen molar-refractivity contribution in [1.82, 2.24) is 5.32 Å². The van der Waals surface area contributed by atoms with Gasteiger partial charge in [0.15, 0.2) is 9.84 Å². The van der Waals surface area contributed by atoms with E-state index in [1.54, 1.807) is 6.07 Å². The molecule has 4 nitrogen and oxygen atoms in total. The summed E-state index contributed by atoms with van der Waals surface area (Å²) in [6.45, 7) is 3.38. The van der Waals surface area contributed by atoms with Crippen LogP contribution in [0.25, 0.3) is 0 Å². The lowest BCUT2D eigenvalue weighted by Crippen LogP contribution is -2.39. The van der Waals surface area contributed by atoms with Crippen LogP contribution in [0.2, 0.25) is 0 Å². The van der Waals surface area contributed by atoms with Crippen LogP contribution in [0, 0.1) is 6.92 Å². The molecule has 0 aromatic heterocycles. The molecule has 1 atom stereocenters. The van der Waals surface area contributed by atoms with E-state index in [1.807, 2.05) is 25.1 Å². The van der Waals surface area contributed by atoms with Gasteiger partial charge < -0.3 is 5.32 Å². The van der Waals surface area contributed by atoms with Crippen LogP contribution in [0.3, 0.4) is 0 Å². The molecule has 1 aliphatic rings. The molecule has 0 spiro atoms. The predicted octanol–water partition coefficient (Wildman–Crippen LogP) is 1.58. The minimum absolute atomic E-state index is 0.0894. The van der Waals surface area contributed by atoms with Gasteiger partial charge in [-0.1, -0.05) is 29.8 Å². The van der Waals surface area contributed by atoms with Gasteiger partial charge in [-0.25, -0.2) is 8.42 Å². The summed E-state index contributed by atoms with van der Waals surface area (Å²) in [5.41, 5.74) is 1.74.